The fraction of sp³-hybridized carbons (Fsp3) is 0.286. The first-order valence-electron chi connectivity index (χ1n) is 9.45. The number of rotatable bonds is 5. The highest BCUT2D eigenvalue weighted by Gasteiger charge is 2.29. The summed E-state index contributed by atoms with van der Waals surface area (Å²) in [5.74, 6) is -0.303. The summed E-state index contributed by atoms with van der Waals surface area (Å²) in [6.07, 6.45) is 0.896. The minimum Gasteiger partial charge on any atom is -0.345 e. The molecule has 2 aromatic carbocycles. The van der Waals surface area contributed by atoms with Gasteiger partial charge in [-0.3, -0.25) is 24.9 Å². The van der Waals surface area contributed by atoms with Gasteiger partial charge in [-0.1, -0.05) is 48.5 Å². The number of amides is 2. The Bertz CT molecular complexity index is 869. The van der Waals surface area contributed by atoms with E-state index in [1.54, 1.807) is 0 Å². The lowest BCUT2D eigenvalue weighted by molar-refractivity contribution is -0.118. The molecule has 0 bridgehead atoms. The van der Waals surface area contributed by atoms with Gasteiger partial charge in [-0.2, -0.15) is 0 Å². The standard InChI is InChI=1S/C21H23N5O2/c27-19-13-22-20(24-26(19)18-9-5-2-6-10-18)21(28)23-17-11-12-25(15-17)14-16-7-3-1-4-8-16/h1-10,17H,11-15H2,(H,22,24)(H,23,28)/t17-/m1/s1. The lowest BCUT2D eigenvalue weighted by atomic mass is 10.2. The molecule has 2 heterocycles. The smallest absolute Gasteiger partial charge is 0.288 e. The van der Waals surface area contributed by atoms with Gasteiger partial charge in [0.05, 0.1) is 5.69 Å². The molecule has 1 fully saturated rings. The van der Waals surface area contributed by atoms with E-state index >= 15 is 0 Å². The van der Waals surface area contributed by atoms with Gasteiger partial charge in [0.25, 0.3) is 11.8 Å². The molecule has 0 unspecified atom stereocenters. The van der Waals surface area contributed by atoms with E-state index < -0.39 is 0 Å². The summed E-state index contributed by atoms with van der Waals surface area (Å²) in [5.41, 5.74) is 4.80. The maximum absolute atomic E-state index is 12.6. The largest absolute Gasteiger partial charge is 0.345 e. The van der Waals surface area contributed by atoms with Crippen LogP contribution in [0.4, 0.5) is 5.69 Å². The highest BCUT2D eigenvalue weighted by atomic mass is 16.2. The molecule has 0 radical (unpaired) electrons. The second kappa shape index (κ2) is 8.22. The Balaban J connectivity index is 1.33. The van der Waals surface area contributed by atoms with E-state index in [9.17, 15) is 9.59 Å². The van der Waals surface area contributed by atoms with E-state index in [1.807, 2.05) is 48.5 Å². The summed E-state index contributed by atoms with van der Waals surface area (Å²) in [5, 5.41) is 4.41. The minimum atomic E-state index is -0.278. The number of carbonyl (C=O) groups is 2. The molecule has 2 aromatic rings. The van der Waals surface area contributed by atoms with E-state index in [2.05, 4.69) is 32.8 Å². The zero-order valence-corrected chi connectivity index (χ0v) is 15.5. The highest BCUT2D eigenvalue weighted by Crippen LogP contribution is 2.15. The van der Waals surface area contributed by atoms with Crippen molar-refractivity contribution in [1.29, 1.82) is 0 Å². The van der Waals surface area contributed by atoms with Crippen LogP contribution in [0.25, 0.3) is 0 Å². The molecule has 0 aliphatic carbocycles. The van der Waals surface area contributed by atoms with E-state index in [-0.39, 0.29) is 30.2 Å². The van der Waals surface area contributed by atoms with E-state index in [1.165, 1.54) is 10.6 Å². The predicted molar refractivity (Wildman–Crippen MR) is 108 cm³/mol. The molecule has 28 heavy (non-hydrogen) atoms. The third-order valence-corrected chi connectivity index (χ3v) is 4.93. The van der Waals surface area contributed by atoms with Crippen LogP contribution in [0.1, 0.15) is 12.0 Å². The third kappa shape index (κ3) is 4.20. The van der Waals surface area contributed by atoms with Crippen molar-refractivity contribution in [3.05, 3.63) is 66.2 Å². The Morgan fingerprint density at radius 2 is 1.82 bits per heavy atom. The van der Waals surface area contributed by atoms with Gasteiger partial charge in [-0.25, -0.2) is 5.01 Å². The molecule has 7 nitrogen and oxygen atoms in total. The number of hydrogen-bond acceptors (Lipinski definition) is 5. The number of likely N-dealkylation sites (tertiary alicyclic amines) is 1. The summed E-state index contributed by atoms with van der Waals surface area (Å²) in [6.45, 7) is 2.57. The van der Waals surface area contributed by atoms with Crippen molar-refractivity contribution in [2.45, 2.75) is 19.0 Å². The van der Waals surface area contributed by atoms with Crippen LogP contribution in [0.15, 0.2) is 65.7 Å². The molecule has 2 N–H and O–H groups in total. The molecule has 144 valence electrons. The lowest BCUT2D eigenvalue weighted by Gasteiger charge is -2.28. The van der Waals surface area contributed by atoms with Gasteiger partial charge < -0.3 is 5.32 Å². The molecule has 0 aromatic heterocycles. The number of para-hydroxylation sites is 1. The maximum atomic E-state index is 12.6. The first kappa shape index (κ1) is 18.2. The van der Waals surface area contributed by atoms with Crippen molar-refractivity contribution in [3.8, 4) is 0 Å². The third-order valence-electron chi connectivity index (χ3n) is 4.93. The number of anilines is 1. The Hall–Kier alpha value is -3.19. The van der Waals surface area contributed by atoms with Gasteiger partial charge in [-0.15, -0.1) is 0 Å². The van der Waals surface area contributed by atoms with Crippen LogP contribution in [0.5, 0.6) is 0 Å². The summed E-state index contributed by atoms with van der Waals surface area (Å²) in [6, 6.07) is 19.6. The summed E-state index contributed by atoms with van der Waals surface area (Å²) in [4.78, 5) is 31.2. The Morgan fingerprint density at radius 3 is 2.57 bits per heavy atom. The van der Waals surface area contributed by atoms with Crippen molar-refractivity contribution >= 4 is 23.3 Å². The first-order valence-corrected chi connectivity index (χ1v) is 9.45. The average Bonchev–Trinajstić information content (AvgIpc) is 3.16. The predicted octanol–water partition coefficient (Wildman–Crippen LogP) is 1.33. The molecule has 1 saturated heterocycles. The molecule has 7 heteroatoms. The van der Waals surface area contributed by atoms with Gasteiger partial charge in [0.2, 0.25) is 5.84 Å². The quantitative estimate of drug-likeness (QED) is 0.824. The SMILES string of the molecule is O=C(N[C@@H]1CCN(Cc2ccccc2)C1)C1=NCC(=O)N(c2ccccc2)N1. The summed E-state index contributed by atoms with van der Waals surface area (Å²) < 4.78 is 0. The fourth-order valence-corrected chi connectivity index (χ4v) is 3.52. The van der Waals surface area contributed by atoms with Crippen molar-refractivity contribution in [2.75, 3.05) is 24.6 Å². The molecular weight excluding hydrogens is 354 g/mol. The number of benzene rings is 2. The number of hydrazine groups is 1. The monoisotopic (exact) mass is 377 g/mol. The second-order valence-corrected chi connectivity index (χ2v) is 7.02. The fourth-order valence-electron chi connectivity index (χ4n) is 3.52. The summed E-state index contributed by atoms with van der Waals surface area (Å²) in [7, 11) is 0. The van der Waals surface area contributed by atoms with Crippen LogP contribution in [-0.4, -0.2) is 48.2 Å². The Morgan fingerprint density at radius 1 is 1.11 bits per heavy atom. The molecule has 2 aliphatic heterocycles. The lowest BCUT2D eigenvalue weighted by Crippen LogP contribution is -2.57. The van der Waals surface area contributed by atoms with Gasteiger partial charge in [-0.05, 0) is 24.1 Å². The number of nitrogens with one attached hydrogen (secondary N) is 2. The maximum Gasteiger partial charge on any atom is 0.288 e. The average molecular weight is 377 g/mol. The van der Waals surface area contributed by atoms with Crippen LogP contribution in [0, 0.1) is 0 Å². The molecule has 1 atom stereocenters. The Labute approximate surface area is 164 Å². The number of carbonyl (C=O) groups excluding carboxylic acids is 2. The van der Waals surface area contributed by atoms with Crippen LogP contribution in [-0.2, 0) is 16.1 Å². The molecule has 4 rings (SSSR count). The number of aliphatic imine (C=N–C) groups is 1. The topological polar surface area (TPSA) is 77.0 Å². The zero-order valence-electron chi connectivity index (χ0n) is 15.5. The molecule has 0 spiro atoms. The molecule has 2 amide bonds. The van der Waals surface area contributed by atoms with Gasteiger partial charge in [0.15, 0.2) is 0 Å². The van der Waals surface area contributed by atoms with E-state index in [0.717, 1.165) is 26.1 Å². The van der Waals surface area contributed by atoms with Crippen LogP contribution in [0.3, 0.4) is 0 Å². The summed E-state index contributed by atoms with van der Waals surface area (Å²) >= 11 is 0. The van der Waals surface area contributed by atoms with Crippen molar-refractivity contribution in [3.63, 3.8) is 0 Å². The second-order valence-electron chi connectivity index (χ2n) is 7.02. The van der Waals surface area contributed by atoms with Crippen molar-refractivity contribution in [2.24, 2.45) is 4.99 Å². The number of nitrogens with zero attached hydrogens (tertiary/aromatic N) is 3. The zero-order chi connectivity index (χ0) is 19.3. The molecule has 2 aliphatic rings. The van der Waals surface area contributed by atoms with E-state index in [0.29, 0.717) is 5.69 Å². The van der Waals surface area contributed by atoms with Gasteiger partial charge in [0, 0.05) is 25.7 Å². The van der Waals surface area contributed by atoms with Gasteiger partial charge >= 0.3 is 0 Å². The first-order chi connectivity index (χ1) is 13.7. The van der Waals surface area contributed by atoms with Crippen LogP contribution >= 0.6 is 0 Å². The number of hydrogen-bond donors (Lipinski definition) is 2. The highest BCUT2D eigenvalue weighted by molar-refractivity contribution is 6.39. The Kier molecular flexibility index (Phi) is 5.34. The van der Waals surface area contributed by atoms with Crippen molar-refractivity contribution < 1.29 is 9.59 Å². The molecule has 0 saturated carbocycles. The number of amidine groups is 1. The van der Waals surface area contributed by atoms with Crippen LogP contribution in [0.2, 0.25) is 0 Å². The molecular formula is C21H23N5O2. The minimum absolute atomic E-state index is 0.0462. The van der Waals surface area contributed by atoms with Crippen molar-refractivity contribution in [1.82, 2.24) is 15.6 Å². The van der Waals surface area contributed by atoms with E-state index in [4.69, 9.17) is 0 Å². The van der Waals surface area contributed by atoms with Gasteiger partial charge in [0.1, 0.15) is 6.54 Å². The van der Waals surface area contributed by atoms with Crippen LogP contribution < -0.4 is 15.8 Å². The normalized spacial score (nSPS) is 19.9.